The van der Waals surface area contributed by atoms with Crippen molar-refractivity contribution in [3.8, 4) is 0 Å². The van der Waals surface area contributed by atoms with Crippen LogP contribution in [0.4, 0.5) is 5.69 Å². The van der Waals surface area contributed by atoms with Gasteiger partial charge in [-0.25, -0.2) is 0 Å². The van der Waals surface area contributed by atoms with Gasteiger partial charge in [-0.05, 0) is 50.9 Å². The average molecular weight is 248 g/mol. The summed E-state index contributed by atoms with van der Waals surface area (Å²) in [5.41, 5.74) is 2.86. The van der Waals surface area contributed by atoms with Crippen molar-refractivity contribution in [3.05, 3.63) is 29.8 Å². The number of nitrogens with one attached hydrogen (secondary N) is 1. The Morgan fingerprint density at radius 3 is 2.22 bits per heavy atom. The summed E-state index contributed by atoms with van der Waals surface area (Å²) in [6.07, 6.45) is 2.33. The van der Waals surface area contributed by atoms with Crippen molar-refractivity contribution in [2.45, 2.75) is 52.6 Å². The summed E-state index contributed by atoms with van der Waals surface area (Å²) in [5, 5.41) is 3.43. The summed E-state index contributed by atoms with van der Waals surface area (Å²) in [6, 6.07) is 8.89. The molecular weight excluding hydrogens is 220 g/mol. The molecule has 1 aromatic carbocycles. The lowest BCUT2D eigenvalue weighted by Crippen LogP contribution is -2.40. The van der Waals surface area contributed by atoms with Gasteiger partial charge in [0.05, 0.1) is 0 Å². The summed E-state index contributed by atoms with van der Waals surface area (Å²) >= 11 is 0. The maximum Gasteiger partial charge on any atom is 0.0368 e. The number of anilines is 1. The van der Waals surface area contributed by atoms with Crippen LogP contribution in [0.2, 0.25) is 0 Å². The van der Waals surface area contributed by atoms with Gasteiger partial charge < -0.3 is 10.2 Å². The fraction of sp³-hybridized carbons (Fsp3) is 0.625. The molecule has 1 N–H and O–H groups in total. The first kappa shape index (κ1) is 15.0. The van der Waals surface area contributed by atoms with Crippen LogP contribution in [0.5, 0.6) is 0 Å². The third kappa shape index (κ3) is 4.02. The van der Waals surface area contributed by atoms with Gasteiger partial charge in [0.2, 0.25) is 0 Å². The van der Waals surface area contributed by atoms with Crippen molar-refractivity contribution in [2.24, 2.45) is 0 Å². The molecule has 102 valence electrons. The van der Waals surface area contributed by atoms with E-state index in [1.54, 1.807) is 0 Å². The molecule has 0 aliphatic heterocycles. The number of rotatable bonds is 7. The zero-order valence-corrected chi connectivity index (χ0v) is 12.6. The van der Waals surface area contributed by atoms with Gasteiger partial charge >= 0.3 is 0 Å². The van der Waals surface area contributed by atoms with Gasteiger partial charge in [-0.3, -0.25) is 0 Å². The SMILES string of the molecule is CCCNCc1ccc(N(C)C(C)(C)CC)cc1. The topological polar surface area (TPSA) is 15.3 Å². The number of benzene rings is 1. The summed E-state index contributed by atoms with van der Waals surface area (Å²) in [4.78, 5) is 2.36. The smallest absolute Gasteiger partial charge is 0.0368 e. The van der Waals surface area contributed by atoms with Crippen molar-refractivity contribution in [1.82, 2.24) is 5.32 Å². The second-order valence-corrected chi connectivity index (χ2v) is 5.57. The Kier molecular flexibility index (Phi) is 5.67. The lowest BCUT2D eigenvalue weighted by atomic mass is 9.99. The molecule has 0 aromatic heterocycles. The van der Waals surface area contributed by atoms with E-state index in [9.17, 15) is 0 Å². The zero-order chi connectivity index (χ0) is 13.6. The van der Waals surface area contributed by atoms with E-state index >= 15 is 0 Å². The molecule has 18 heavy (non-hydrogen) atoms. The first-order valence-corrected chi connectivity index (χ1v) is 7.04. The van der Waals surface area contributed by atoms with E-state index in [1.807, 2.05) is 0 Å². The lowest BCUT2D eigenvalue weighted by Gasteiger charge is -2.36. The molecule has 0 aliphatic rings. The van der Waals surface area contributed by atoms with Crippen LogP contribution in [0, 0.1) is 0 Å². The molecule has 0 saturated heterocycles. The minimum atomic E-state index is 0.210. The van der Waals surface area contributed by atoms with Crippen LogP contribution >= 0.6 is 0 Å². The predicted molar refractivity (Wildman–Crippen MR) is 81.2 cm³/mol. The van der Waals surface area contributed by atoms with E-state index in [-0.39, 0.29) is 5.54 Å². The Balaban J connectivity index is 2.65. The van der Waals surface area contributed by atoms with Crippen molar-refractivity contribution in [1.29, 1.82) is 0 Å². The molecule has 0 amide bonds. The largest absolute Gasteiger partial charge is 0.369 e. The number of nitrogens with zero attached hydrogens (tertiary/aromatic N) is 1. The van der Waals surface area contributed by atoms with E-state index in [1.165, 1.54) is 17.7 Å². The highest BCUT2D eigenvalue weighted by atomic mass is 15.2. The van der Waals surface area contributed by atoms with E-state index in [0.717, 1.165) is 19.5 Å². The molecule has 0 spiro atoms. The van der Waals surface area contributed by atoms with Gasteiger partial charge in [0, 0.05) is 24.8 Å². The van der Waals surface area contributed by atoms with Crippen LogP contribution < -0.4 is 10.2 Å². The quantitative estimate of drug-likeness (QED) is 0.738. The Labute approximate surface area is 112 Å². The maximum absolute atomic E-state index is 3.43. The standard InChI is InChI=1S/C16H28N2/c1-6-12-17-13-14-8-10-15(11-9-14)18(5)16(3,4)7-2/h8-11,17H,6-7,12-13H2,1-5H3. The molecule has 1 rings (SSSR count). The Morgan fingerprint density at radius 1 is 1.11 bits per heavy atom. The van der Waals surface area contributed by atoms with E-state index in [2.05, 4.69) is 69.2 Å². The highest BCUT2D eigenvalue weighted by Gasteiger charge is 2.21. The van der Waals surface area contributed by atoms with Crippen LogP contribution in [0.25, 0.3) is 0 Å². The van der Waals surface area contributed by atoms with Crippen LogP contribution in [0.15, 0.2) is 24.3 Å². The van der Waals surface area contributed by atoms with Gasteiger partial charge in [-0.15, -0.1) is 0 Å². The molecule has 0 fully saturated rings. The molecule has 0 atom stereocenters. The van der Waals surface area contributed by atoms with E-state index < -0.39 is 0 Å². The summed E-state index contributed by atoms with van der Waals surface area (Å²) in [5.74, 6) is 0. The molecular formula is C16H28N2. The van der Waals surface area contributed by atoms with Gasteiger partial charge in [0.1, 0.15) is 0 Å². The summed E-state index contributed by atoms with van der Waals surface area (Å²) in [6.45, 7) is 11.0. The third-order valence-corrected chi connectivity index (χ3v) is 3.85. The molecule has 0 saturated carbocycles. The van der Waals surface area contributed by atoms with Gasteiger partial charge in [0.15, 0.2) is 0 Å². The van der Waals surface area contributed by atoms with E-state index in [0.29, 0.717) is 0 Å². The lowest BCUT2D eigenvalue weighted by molar-refractivity contribution is 0.471. The second-order valence-electron chi connectivity index (χ2n) is 5.57. The maximum atomic E-state index is 3.43. The van der Waals surface area contributed by atoms with Crippen molar-refractivity contribution in [3.63, 3.8) is 0 Å². The number of hydrogen-bond acceptors (Lipinski definition) is 2. The van der Waals surface area contributed by atoms with Gasteiger partial charge in [0.25, 0.3) is 0 Å². The monoisotopic (exact) mass is 248 g/mol. The van der Waals surface area contributed by atoms with Crippen LogP contribution in [0.3, 0.4) is 0 Å². The molecule has 0 heterocycles. The summed E-state index contributed by atoms with van der Waals surface area (Å²) < 4.78 is 0. The molecule has 2 nitrogen and oxygen atoms in total. The van der Waals surface area contributed by atoms with Crippen molar-refractivity contribution >= 4 is 5.69 Å². The molecule has 1 aromatic rings. The van der Waals surface area contributed by atoms with Crippen LogP contribution in [0.1, 0.15) is 46.1 Å². The predicted octanol–water partition coefficient (Wildman–Crippen LogP) is 3.81. The Hall–Kier alpha value is -1.02. The fourth-order valence-corrected chi connectivity index (χ4v) is 1.83. The second kappa shape index (κ2) is 6.79. The number of hydrogen-bond donors (Lipinski definition) is 1. The molecule has 0 aliphatic carbocycles. The highest BCUT2D eigenvalue weighted by Crippen LogP contribution is 2.24. The zero-order valence-electron chi connectivity index (χ0n) is 12.6. The van der Waals surface area contributed by atoms with Gasteiger partial charge in [-0.2, -0.15) is 0 Å². The molecule has 0 radical (unpaired) electrons. The Morgan fingerprint density at radius 2 is 1.72 bits per heavy atom. The van der Waals surface area contributed by atoms with Gasteiger partial charge in [-0.1, -0.05) is 26.0 Å². The summed E-state index contributed by atoms with van der Waals surface area (Å²) in [7, 11) is 2.17. The fourth-order valence-electron chi connectivity index (χ4n) is 1.83. The first-order valence-electron chi connectivity index (χ1n) is 7.04. The Bertz CT molecular complexity index is 341. The van der Waals surface area contributed by atoms with Crippen molar-refractivity contribution in [2.75, 3.05) is 18.5 Å². The van der Waals surface area contributed by atoms with Crippen LogP contribution in [-0.2, 0) is 6.54 Å². The normalized spacial score (nSPS) is 11.6. The van der Waals surface area contributed by atoms with E-state index in [4.69, 9.17) is 0 Å². The molecule has 0 unspecified atom stereocenters. The highest BCUT2D eigenvalue weighted by molar-refractivity contribution is 5.49. The van der Waals surface area contributed by atoms with Crippen LogP contribution in [-0.4, -0.2) is 19.1 Å². The first-order chi connectivity index (χ1) is 8.51. The average Bonchev–Trinajstić information content (AvgIpc) is 2.39. The molecule has 0 bridgehead atoms. The minimum Gasteiger partial charge on any atom is -0.369 e. The van der Waals surface area contributed by atoms with Crippen molar-refractivity contribution < 1.29 is 0 Å². The third-order valence-electron chi connectivity index (χ3n) is 3.85. The molecule has 2 heteroatoms. The minimum absolute atomic E-state index is 0.210.